The molecule has 2 rings (SSSR count). The molecule has 0 saturated heterocycles. The molecule has 0 aliphatic rings. The van der Waals surface area contributed by atoms with Gasteiger partial charge in [0, 0.05) is 11.8 Å². The lowest BCUT2D eigenvalue weighted by Gasteiger charge is -2.09. The number of carbonyl (C=O) groups is 1. The molecule has 0 saturated carbocycles. The van der Waals surface area contributed by atoms with Gasteiger partial charge in [-0.25, -0.2) is 9.97 Å². The van der Waals surface area contributed by atoms with Crippen molar-refractivity contribution in [1.29, 1.82) is 0 Å². The van der Waals surface area contributed by atoms with Crippen LogP contribution in [-0.4, -0.2) is 22.1 Å². The maximum Gasteiger partial charge on any atom is 0.573 e. The monoisotopic (exact) mass is 282 g/mol. The van der Waals surface area contributed by atoms with E-state index in [4.69, 9.17) is 0 Å². The first-order valence-corrected chi connectivity index (χ1v) is 5.55. The summed E-state index contributed by atoms with van der Waals surface area (Å²) in [4.78, 5) is 19.9. The van der Waals surface area contributed by atoms with Crippen LogP contribution in [0, 0.1) is 6.92 Å². The van der Waals surface area contributed by atoms with Crippen LogP contribution in [0.4, 0.5) is 13.2 Å². The van der Waals surface area contributed by atoms with E-state index in [-0.39, 0.29) is 11.3 Å². The Labute approximate surface area is 112 Å². The van der Waals surface area contributed by atoms with E-state index in [0.717, 1.165) is 12.1 Å². The summed E-state index contributed by atoms with van der Waals surface area (Å²) in [6.45, 7) is 1.61. The lowest BCUT2D eigenvalue weighted by molar-refractivity contribution is -0.274. The van der Waals surface area contributed by atoms with Crippen molar-refractivity contribution in [1.82, 2.24) is 9.97 Å². The van der Waals surface area contributed by atoms with E-state index in [1.165, 1.54) is 24.4 Å². The summed E-state index contributed by atoms with van der Waals surface area (Å²) in [6, 6.07) is 6.24. The SMILES string of the molecule is Cc1nccc(C(=O)c2cccc(OC(F)(F)F)c2)n1. The quantitative estimate of drug-likeness (QED) is 0.812. The van der Waals surface area contributed by atoms with Crippen molar-refractivity contribution in [2.45, 2.75) is 13.3 Å². The molecule has 104 valence electrons. The molecule has 1 aromatic carbocycles. The summed E-state index contributed by atoms with van der Waals surface area (Å²) in [5.74, 6) is -0.546. The number of alkyl halides is 3. The van der Waals surface area contributed by atoms with E-state index in [0.29, 0.717) is 5.82 Å². The highest BCUT2D eigenvalue weighted by Gasteiger charge is 2.31. The van der Waals surface area contributed by atoms with Crippen LogP contribution in [0.25, 0.3) is 0 Å². The Bertz CT molecular complexity index is 642. The first-order valence-electron chi connectivity index (χ1n) is 5.55. The normalized spacial score (nSPS) is 11.2. The molecular weight excluding hydrogens is 273 g/mol. The van der Waals surface area contributed by atoms with Crippen molar-refractivity contribution in [3.05, 3.63) is 53.6 Å². The van der Waals surface area contributed by atoms with Gasteiger partial charge in [0.05, 0.1) is 0 Å². The van der Waals surface area contributed by atoms with Gasteiger partial charge in [0.2, 0.25) is 5.78 Å². The molecule has 2 aromatic rings. The molecule has 20 heavy (non-hydrogen) atoms. The smallest absolute Gasteiger partial charge is 0.406 e. The van der Waals surface area contributed by atoms with E-state index < -0.39 is 17.9 Å². The average Bonchev–Trinajstić information content (AvgIpc) is 2.36. The lowest BCUT2D eigenvalue weighted by Crippen LogP contribution is -2.17. The van der Waals surface area contributed by atoms with Gasteiger partial charge >= 0.3 is 6.36 Å². The molecule has 0 N–H and O–H groups in total. The number of ether oxygens (including phenoxy) is 1. The highest BCUT2D eigenvalue weighted by Crippen LogP contribution is 2.24. The minimum Gasteiger partial charge on any atom is -0.406 e. The van der Waals surface area contributed by atoms with Gasteiger partial charge in [-0.2, -0.15) is 0 Å². The fraction of sp³-hybridized carbons (Fsp3) is 0.154. The second-order valence-electron chi connectivity index (χ2n) is 3.89. The maximum atomic E-state index is 12.1. The number of halogens is 3. The molecule has 0 amide bonds. The van der Waals surface area contributed by atoms with Gasteiger partial charge in [-0.3, -0.25) is 4.79 Å². The summed E-state index contributed by atoms with van der Waals surface area (Å²) in [7, 11) is 0. The number of aromatic nitrogens is 2. The Morgan fingerprint density at radius 3 is 2.65 bits per heavy atom. The van der Waals surface area contributed by atoms with Crippen LogP contribution in [0.1, 0.15) is 21.9 Å². The Hall–Kier alpha value is -2.44. The van der Waals surface area contributed by atoms with E-state index in [1.54, 1.807) is 6.92 Å². The molecule has 0 atom stereocenters. The van der Waals surface area contributed by atoms with Gasteiger partial charge in [-0.05, 0) is 25.1 Å². The van der Waals surface area contributed by atoms with E-state index in [2.05, 4.69) is 14.7 Å². The van der Waals surface area contributed by atoms with Crippen molar-refractivity contribution < 1.29 is 22.7 Å². The van der Waals surface area contributed by atoms with Crippen molar-refractivity contribution in [2.75, 3.05) is 0 Å². The van der Waals surface area contributed by atoms with Crippen LogP contribution in [0.5, 0.6) is 5.75 Å². The number of carbonyl (C=O) groups excluding carboxylic acids is 1. The summed E-state index contributed by atoms with van der Waals surface area (Å²) < 4.78 is 40.1. The van der Waals surface area contributed by atoms with Crippen molar-refractivity contribution in [3.63, 3.8) is 0 Å². The standard InChI is InChI=1S/C13H9F3N2O2/c1-8-17-6-5-11(18-8)12(19)9-3-2-4-10(7-9)20-13(14,15)16/h2-7H,1H3. The molecule has 0 aliphatic heterocycles. The molecule has 0 bridgehead atoms. The van der Waals surface area contributed by atoms with E-state index in [1.807, 2.05) is 0 Å². The molecule has 7 heteroatoms. The number of ketones is 1. The summed E-state index contributed by atoms with van der Waals surface area (Å²) in [5.41, 5.74) is 0.173. The number of nitrogens with zero attached hydrogens (tertiary/aromatic N) is 2. The first-order chi connectivity index (χ1) is 9.35. The molecule has 0 spiro atoms. The summed E-state index contributed by atoms with van der Waals surface area (Å²) >= 11 is 0. The van der Waals surface area contributed by atoms with Crippen molar-refractivity contribution in [2.24, 2.45) is 0 Å². The highest BCUT2D eigenvalue weighted by atomic mass is 19.4. The van der Waals surface area contributed by atoms with E-state index in [9.17, 15) is 18.0 Å². The van der Waals surface area contributed by atoms with Gasteiger partial charge in [0.15, 0.2) is 0 Å². The highest BCUT2D eigenvalue weighted by molar-refractivity contribution is 6.07. The Morgan fingerprint density at radius 2 is 2.00 bits per heavy atom. The maximum absolute atomic E-state index is 12.1. The largest absolute Gasteiger partial charge is 0.573 e. The fourth-order valence-electron chi connectivity index (χ4n) is 1.56. The topological polar surface area (TPSA) is 52.1 Å². The number of hydrogen-bond donors (Lipinski definition) is 0. The third-order valence-corrected chi connectivity index (χ3v) is 2.34. The number of aryl methyl sites for hydroxylation is 1. The molecule has 0 fully saturated rings. The zero-order valence-corrected chi connectivity index (χ0v) is 10.3. The molecule has 0 aliphatic carbocycles. The summed E-state index contributed by atoms with van der Waals surface area (Å²) in [6.07, 6.45) is -3.39. The predicted molar refractivity (Wildman–Crippen MR) is 63.3 cm³/mol. The molecule has 0 radical (unpaired) electrons. The van der Waals surface area contributed by atoms with Crippen LogP contribution >= 0.6 is 0 Å². The zero-order valence-electron chi connectivity index (χ0n) is 10.3. The predicted octanol–water partition coefficient (Wildman–Crippen LogP) is 2.91. The Balaban J connectivity index is 2.29. The second kappa shape index (κ2) is 5.28. The van der Waals surface area contributed by atoms with Crippen LogP contribution < -0.4 is 4.74 Å². The van der Waals surface area contributed by atoms with Crippen LogP contribution in [0.3, 0.4) is 0 Å². The Kier molecular flexibility index (Phi) is 3.69. The molecule has 4 nitrogen and oxygen atoms in total. The van der Waals surface area contributed by atoms with Crippen LogP contribution in [0.15, 0.2) is 36.5 Å². The minimum atomic E-state index is -4.80. The second-order valence-corrected chi connectivity index (χ2v) is 3.89. The van der Waals surface area contributed by atoms with Crippen molar-refractivity contribution >= 4 is 5.78 Å². The third kappa shape index (κ3) is 3.53. The molecule has 1 heterocycles. The molecule has 1 aromatic heterocycles. The molecular formula is C13H9F3N2O2. The third-order valence-electron chi connectivity index (χ3n) is 2.34. The first kappa shape index (κ1) is 14.0. The fourth-order valence-corrected chi connectivity index (χ4v) is 1.56. The van der Waals surface area contributed by atoms with E-state index >= 15 is 0 Å². The van der Waals surface area contributed by atoms with Gasteiger partial charge in [-0.1, -0.05) is 12.1 Å². The molecule has 0 unspecified atom stereocenters. The summed E-state index contributed by atoms with van der Waals surface area (Å²) in [5, 5.41) is 0. The zero-order chi connectivity index (χ0) is 14.8. The lowest BCUT2D eigenvalue weighted by atomic mass is 10.1. The van der Waals surface area contributed by atoms with Crippen LogP contribution in [0.2, 0.25) is 0 Å². The number of rotatable bonds is 3. The van der Waals surface area contributed by atoms with Gasteiger partial charge in [-0.15, -0.1) is 13.2 Å². The van der Waals surface area contributed by atoms with Gasteiger partial charge < -0.3 is 4.74 Å². The van der Waals surface area contributed by atoms with Gasteiger partial charge in [0.25, 0.3) is 0 Å². The van der Waals surface area contributed by atoms with Crippen molar-refractivity contribution in [3.8, 4) is 5.75 Å². The number of hydrogen-bond acceptors (Lipinski definition) is 4. The number of benzene rings is 1. The average molecular weight is 282 g/mol. The van der Waals surface area contributed by atoms with Crippen LogP contribution in [-0.2, 0) is 0 Å². The minimum absolute atomic E-state index is 0.0600. The van der Waals surface area contributed by atoms with Gasteiger partial charge in [0.1, 0.15) is 17.3 Å². The Morgan fingerprint density at radius 1 is 1.25 bits per heavy atom.